The van der Waals surface area contributed by atoms with Crippen LogP contribution in [0.15, 0.2) is 24.3 Å². The number of rotatable bonds is 5. The van der Waals surface area contributed by atoms with Gasteiger partial charge in [0.1, 0.15) is 4.88 Å². The van der Waals surface area contributed by atoms with Gasteiger partial charge in [0.2, 0.25) is 10.8 Å². The molecule has 5 nitrogen and oxygen atoms in total. The molecule has 0 radical (unpaired) electrons. The van der Waals surface area contributed by atoms with Crippen LogP contribution in [0.2, 0.25) is 0 Å². The van der Waals surface area contributed by atoms with Crippen LogP contribution >= 0.6 is 11.3 Å². The Balaban J connectivity index is 1.78. The molecule has 138 valence electrons. The van der Waals surface area contributed by atoms with Crippen molar-refractivity contribution in [3.8, 4) is 5.88 Å². The number of likely N-dealkylation sites (tertiary alicyclic amines) is 1. The van der Waals surface area contributed by atoms with Crippen LogP contribution < -0.4 is 4.90 Å². The highest BCUT2D eigenvalue weighted by Crippen LogP contribution is 2.35. The number of thiazole rings is 1. The normalized spacial score (nSPS) is 17.0. The van der Waals surface area contributed by atoms with Crippen molar-refractivity contribution in [3.05, 3.63) is 46.1 Å². The summed E-state index contributed by atoms with van der Waals surface area (Å²) in [5.41, 5.74) is 2.62. The zero-order valence-corrected chi connectivity index (χ0v) is 16.4. The molecule has 6 heteroatoms. The summed E-state index contributed by atoms with van der Waals surface area (Å²) in [5.74, 6) is 1.05. The number of aryl methyl sites for hydroxylation is 2. The van der Waals surface area contributed by atoms with E-state index in [4.69, 9.17) is 0 Å². The second-order valence-electron chi connectivity index (χ2n) is 7.11. The second kappa shape index (κ2) is 7.37. The van der Waals surface area contributed by atoms with Crippen LogP contribution in [0.4, 0.5) is 0 Å². The molecule has 1 aliphatic heterocycles. The molecule has 0 bridgehead atoms. The van der Waals surface area contributed by atoms with Gasteiger partial charge < -0.3 is 10.0 Å². The Kier molecular flexibility index (Phi) is 4.96. The largest absolute Gasteiger partial charge is 0.492 e. The number of piperidine rings is 1. The fourth-order valence-electron chi connectivity index (χ4n) is 3.94. The van der Waals surface area contributed by atoms with Gasteiger partial charge in [-0.3, -0.25) is 0 Å². The molecular formula is C20H27N4OS+. The van der Waals surface area contributed by atoms with Crippen molar-refractivity contribution in [1.29, 1.82) is 0 Å². The van der Waals surface area contributed by atoms with Gasteiger partial charge in [-0.1, -0.05) is 49.4 Å². The Morgan fingerprint density at radius 2 is 1.85 bits per heavy atom. The molecule has 2 aromatic heterocycles. The summed E-state index contributed by atoms with van der Waals surface area (Å²) in [6, 6.07) is 9.06. The van der Waals surface area contributed by atoms with Gasteiger partial charge in [-0.05, 0) is 31.2 Å². The molecule has 0 amide bonds. The molecule has 1 aromatic carbocycles. The van der Waals surface area contributed by atoms with Crippen molar-refractivity contribution < 1.29 is 10.0 Å². The molecule has 0 unspecified atom stereocenters. The Hall–Kier alpha value is -1.92. The number of fused-ring (bicyclic) bond motifs is 1. The highest BCUT2D eigenvalue weighted by atomic mass is 32.1. The molecule has 3 aromatic rings. The lowest BCUT2D eigenvalue weighted by Gasteiger charge is -2.31. The summed E-state index contributed by atoms with van der Waals surface area (Å²) in [6.45, 7) is 6.51. The number of hydrogen-bond acceptors (Lipinski definition) is 4. The van der Waals surface area contributed by atoms with Crippen molar-refractivity contribution in [2.75, 3.05) is 13.1 Å². The second-order valence-corrected chi connectivity index (χ2v) is 8.12. The van der Waals surface area contributed by atoms with Gasteiger partial charge in [-0.25, -0.2) is 4.98 Å². The summed E-state index contributed by atoms with van der Waals surface area (Å²) in [4.78, 5) is 7.88. The highest BCUT2D eigenvalue weighted by molar-refractivity contribution is 7.17. The lowest BCUT2D eigenvalue weighted by Crippen LogP contribution is -3.13. The maximum atomic E-state index is 10.9. The lowest BCUT2D eigenvalue weighted by molar-refractivity contribution is -0.929. The summed E-state index contributed by atoms with van der Waals surface area (Å²) < 4.78 is 1.62. The van der Waals surface area contributed by atoms with Gasteiger partial charge in [-0.2, -0.15) is 4.52 Å². The van der Waals surface area contributed by atoms with E-state index in [1.165, 1.54) is 35.3 Å². The minimum Gasteiger partial charge on any atom is -0.492 e. The fourth-order valence-corrected chi connectivity index (χ4v) is 5.10. The lowest BCUT2D eigenvalue weighted by atomic mass is 9.99. The van der Waals surface area contributed by atoms with Crippen LogP contribution in [0.25, 0.3) is 4.96 Å². The number of aromatic nitrogens is 3. The Bertz CT molecular complexity index is 877. The minimum atomic E-state index is 0.153. The van der Waals surface area contributed by atoms with E-state index < -0.39 is 0 Å². The summed E-state index contributed by atoms with van der Waals surface area (Å²) in [6.07, 6.45) is 5.64. The number of hydrogen-bond donors (Lipinski definition) is 2. The predicted molar refractivity (Wildman–Crippen MR) is 104 cm³/mol. The van der Waals surface area contributed by atoms with Crippen LogP contribution in [0.3, 0.4) is 0 Å². The molecule has 1 fully saturated rings. The molecule has 0 spiro atoms. The van der Waals surface area contributed by atoms with Crippen LogP contribution in [-0.2, 0) is 12.8 Å². The topological polar surface area (TPSA) is 54.9 Å². The Morgan fingerprint density at radius 3 is 2.46 bits per heavy atom. The monoisotopic (exact) mass is 371 g/mol. The quantitative estimate of drug-likeness (QED) is 0.725. The fraction of sp³-hybridized carbons (Fsp3) is 0.500. The van der Waals surface area contributed by atoms with Crippen molar-refractivity contribution in [1.82, 2.24) is 14.6 Å². The smallest absolute Gasteiger partial charge is 0.235 e. The van der Waals surface area contributed by atoms with E-state index in [-0.39, 0.29) is 11.9 Å². The zero-order chi connectivity index (χ0) is 18.1. The molecule has 26 heavy (non-hydrogen) atoms. The van der Waals surface area contributed by atoms with Crippen LogP contribution in [0.5, 0.6) is 5.88 Å². The third kappa shape index (κ3) is 3.12. The van der Waals surface area contributed by atoms with E-state index in [0.29, 0.717) is 0 Å². The van der Waals surface area contributed by atoms with Gasteiger partial charge in [0.25, 0.3) is 0 Å². The maximum absolute atomic E-state index is 10.9. The Labute approximate surface area is 158 Å². The number of nitrogens with one attached hydrogen (secondary N) is 1. The standard InChI is InChI=1S/C20H26N4OS/c1-3-14-8-10-15(11-9-14)17(23-12-6-5-7-13-23)18-19(25)24-20(26-18)21-16(4-2)22-24/h8-11,17,25H,3-7,12-13H2,1-2H3/p+1/t17-/m0/s1. The number of nitrogens with zero attached hydrogens (tertiary/aromatic N) is 3. The summed E-state index contributed by atoms with van der Waals surface area (Å²) >= 11 is 1.59. The van der Waals surface area contributed by atoms with Gasteiger partial charge in [0.15, 0.2) is 11.9 Å². The molecule has 1 atom stereocenters. The molecule has 1 saturated heterocycles. The third-order valence-electron chi connectivity index (χ3n) is 5.45. The number of quaternary nitrogens is 1. The van der Waals surface area contributed by atoms with Crippen molar-refractivity contribution in [2.24, 2.45) is 0 Å². The van der Waals surface area contributed by atoms with E-state index in [2.05, 4.69) is 41.3 Å². The molecule has 3 heterocycles. The maximum Gasteiger partial charge on any atom is 0.235 e. The Morgan fingerprint density at radius 1 is 1.12 bits per heavy atom. The molecule has 1 aliphatic rings. The van der Waals surface area contributed by atoms with E-state index in [1.54, 1.807) is 15.9 Å². The van der Waals surface area contributed by atoms with Gasteiger partial charge in [0.05, 0.1) is 13.1 Å². The first-order valence-electron chi connectivity index (χ1n) is 9.72. The zero-order valence-electron chi connectivity index (χ0n) is 15.5. The first-order chi connectivity index (χ1) is 12.7. The van der Waals surface area contributed by atoms with E-state index in [9.17, 15) is 5.11 Å². The summed E-state index contributed by atoms with van der Waals surface area (Å²) in [7, 11) is 0. The van der Waals surface area contributed by atoms with Crippen LogP contribution in [0.1, 0.15) is 61.0 Å². The average Bonchev–Trinajstić information content (AvgIpc) is 3.23. The van der Waals surface area contributed by atoms with Gasteiger partial charge in [-0.15, -0.1) is 5.10 Å². The number of aromatic hydroxyl groups is 1. The first kappa shape index (κ1) is 17.5. The first-order valence-corrected chi connectivity index (χ1v) is 10.5. The predicted octanol–water partition coefficient (Wildman–Crippen LogP) is 2.78. The van der Waals surface area contributed by atoms with Gasteiger partial charge >= 0.3 is 0 Å². The van der Waals surface area contributed by atoms with E-state index in [1.807, 2.05) is 6.92 Å². The van der Waals surface area contributed by atoms with Crippen LogP contribution in [0, 0.1) is 0 Å². The van der Waals surface area contributed by atoms with E-state index >= 15 is 0 Å². The molecule has 2 N–H and O–H groups in total. The van der Waals surface area contributed by atoms with Crippen molar-refractivity contribution in [3.63, 3.8) is 0 Å². The summed E-state index contributed by atoms with van der Waals surface area (Å²) in [5, 5.41) is 15.4. The molecule has 0 saturated carbocycles. The molecular weight excluding hydrogens is 344 g/mol. The minimum absolute atomic E-state index is 0.153. The van der Waals surface area contributed by atoms with Crippen LogP contribution in [-0.4, -0.2) is 32.8 Å². The third-order valence-corrected chi connectivity index (χ3v) is 6.53. The van der Waals surface area contributed by atoms with Gasteiger partial charge in [0, 0.05) is 12.0 Å². The highest BCUT2D eigenvalue weighted by Gasteiger charge is 2.33. The van der Waals surface area contributed by atoms with Crippen molar-refractivity contribution in [2.45, 2.75) is 52.0 Å². The number of benzene rings is 1. The molecule has 4 rings (SSSR count). The van der Waals surface area contributed by atoms with Crippen molar-refractivity contribution >= 4 is 16.3 Å². The molecule has 0 aliphatic carbocycles. The average molecular weight is 372 g/mol. The SMILES string of the molecule is CCc1ccc([C@@H](c2sc3nc(CC)nn3c2O)[NH+]2CCCCC2)cc1. The van der Waals surface area contributed by atoms with E-state index in [0.717, 1.165) is 41.6 Å².